The van der Waals surface area contributed by atoms with Crippen LogP contribution in [0.15, 0.2) is 39.9 Å². The molecule has 0 saturated carbocycles. The summed E-state index contributed by atoms with van der Waals surface area (Å²) in [6.45, 7) is 0. The molecule has 6 heteroatoms. The van der Waals surface area contributed by atoms with Crippen LogP contribution in [0, 0.1) is 0 Å². The van der Waals surface area contributed by atoms with Gasteiger partial charge in [-0.3, -0.25) is 4.79 Å². The Balaban J connectivity index is 2.34. The lowest BCUT2D eigenvalue weighted by Crippen LogP contribution is -2.07. The Morgan fingerprint density at radius 2 is 2.25 bits per heavy atom. The average molecular weight is 302 g/mol. The van der Waals surface area contributed by atoms with Crippen LogP contribution in [0.4, 0.5) is 0 Å². The van der Waals surface area contributed by atoms with E-state index >= 15 is 0 Å². The van der Waals surface area contributed by atoms with Crippen LogP contribution >= 0.6 is 27.5 Å². The third-order valence-electron chi connectivity index (χ3n) is 1.78. The van der Waals surface area contributed by atoms with Crippen LogP contribution in [0.1, 0.15) is 0 Å². The fourth-order valence-electron chi connectivity index (χ4n) is 1.08. The second-order valence-corrected chi connectivity index (χ2v) is 4.20. The van der Waals surface area contributed by atoms with E-state index in [1.165, 1.54) is 6.33 Å². The van der Waals surface area contributed by atoms with Gasteiger partial charge in [0, 0.05) is 4.47 Å². The molecule has 1 aromatic heterocycles. The predicted octanol–water partition coefficient (Wildman–Crippen LogP) is 2.98. The summed E-state index contributed by atoms with van der Waals surface area (Å²) in [6.07, 6.45) is 1.24. The number of aromatic nitrogens is 2. The number of nitrogens with zero attached hydrogens (tertiary/aromatic N) is 1. The topological polar surface area (TPSA) is 55.0 Å². The van der Waals surface area contributed by atoms with Crippen LogP contribution in [0.3, 0.4) is 0 Å². The van der Waals surface area contributed by atoms with Crippen LogP contribution in [0.25, 0.3) is 0 Å². The Hall–Kier alpha value is -1.33. The lowest BCUT2D eigenvalue weighted by Gasteiger charge is -2.05. The van der Waals surface area contributed by atoms with Crippen molar-refractivity contribution >= 4 is 27.5 Å². The highest BCUT2D eigenvalue weighted by Gasteiger charge is 2.08. The van der Waals surface area contributed by atoms with Crippen molar-refractivity contribution in [2.75, 3.05) is 0 Å². The number of ether oxygens (including phenoxy) is 1. The summed E-state index contributed by atoms with van der Waals surface area (Å²) in [6, 6.07) is 7.16. The van der Waals surface area contributed by atoms with Crippen molar-refractivity contribution in [3.8, 4) is 11.6 Å². The smallest absolute Gasteiger partial charge is 0.273 e. The Bertz CT molecular complexity index is 571. The van der Waals surface area contributed by atoms with Crippen molar-refractivity contribution in [3.05, 3.63) is 50.4 Å². The molecular formula is C10H6BrClN2O2. The number of rotatable bonds is 2. The lowest BCUT2D eigenvalue weighted by atomic mass is 10.3. The van der Waals surface area contributed by atoms with Crippen LogP contribution < -0.4 is 10.3 Å². The minimum absolute atomic E-state index is 0.0672. The highest BCUT2D eigenvalue weighted by molar-refractivity contribution is 9.10. The monoisotopic (exact) mass is 300 g/mol. The summed E-state index contributed by atoms with van der Waals surface area (Å²) < 4.78 is 6.24. The molecule has 4 nitrogen and oxygen atoms in total. The summed E-state index contributed by atoms with van der Waals surface area (Å²) in [7, 11) is 0. The molecule has 0 bridgehead atoms. The SMILES string of the molecule is O=c1[nH]cnc(Oc2cccc(Br)c2)c1Cl. The second-order valence-electron chi connectivity index (χ2n) is 2.91. The van der Waals surface area contributed by atoms with Gasteiger partial charge in [-0.25, -0.2) is 4.98 Å². The van der Waals surface area contributed by atoms with Gasteiger partial charge in [-0.1, -0.05) is 33.6 Å². The highest BCUT2D eigenvalue weighted by Crippen LogP contribution is 2.25. The first kappa shape index (κ1) is 11.2. The van der Waals surface area contributed by atoms with Crippen LogP contribution in [-0.4, -0.2) is 9.97 Å². The zero-order chi connectivity index (χ0) is 11.5. The first-order chi connectivity index (χ1) is 7.66. The summed E-state index contributed by atoms with van der Waals surface area (Å²) in [5.41, 5.74) is -0.429. The first-order valence-electron chi connectivity index (χ1n) is 4.33. The third-order valence-corrected chi connectivity index (χ3v) is 2.60. The third kappa shape index (κ3) is 2.43. The molecule has 1 heterocycles. The van der Waals surface area contributed by atoms with E-state index < -0.39 is 5.56 Å². The van der Waals surface area contributed by atoms with Crippen molar-refractivity contribution < 1.29 is 4.74 Å². The number of hydrogen-bond donors (Lipinski definition) is 1. The molecule has 1 N–H and O–H groups in total. The normalized spacial score (nSPS) is 10.1. The Kier molecular flexibility index (Phi) is 3.26. The summed E-state index contributed by atoms with van der Waals surface area (Å²) >= 11 is 9.05. The molecule has 1 aromatic carbocycles. The number of H-pyrrole nitrogens is 1. The number of halogens is 2. The van der Waals surface area contributed by atoms with E-state index in [0.29, 0.717) is 5.75 Å². The molecule has 82 valence electrons. The molecule has 16 heavy (non-hydrogen) atoms. The van der Waals surface area contributed by atoms with Gasteiger partial charge in [-0.05, 0) is 18.2 Å². The standard InChI is InChI=1S/C10H6BrClN2O2/c11-6-2-1-3-7(4-6)16-10-8(12)9(15)13-5-14-10/h1-5H,(H,13,14,15). The second kappa shape index (κ2) is 4.67. The zero-order valence-corrected chi connectivity index (χ0v) is 10.2. The maximum absolute atomic E-state index is 11.2. The molecule has 0 aliphatic carbocycles. The largest absolute Gasteiger partial charge is 0.437 e. The minimum atomic E-state index is -0.429. The fourth-order valence-corrected chi connectivity index (χ4v) is 1.60. The van der Waals surface area contributed by atoms with Gasteiger partial charge >= 0.3 is 0 Å². The first-order valence-corrected chi connectivity index (χ1v) is 5.50. The molecule has 0 aliphatic heterocycles. The number of nitrogens with one attached hydrogen (secondary N) is 1. The maximum atomic E-state index is 11.2. The quantitative estimate of drug-likeness (QED) is 0.928. The van der Waals surface area contributed by atoms with Crippen LogP contribution in [-0.2, 0) is 0 Å². The van der Waals surface area contributed by atoms with Gasteiger partial charge in [0.1, 0.15) is 5.75 Å². The van der Waals surface area contributed by atoms with Crippen molar-refractivity contribution in [3.63, 3.8) is 0 Å². The van der Waals surface area contributed by atoms with Gasteiger partial charge in [0.15, 0.2) is 5.02 Å². The van der Waals surface area contributed by atoms with Crippen molar-refractivity contribution in [2.45, 2.75) is 0 Å². The van der Waals surface area contributed by atoms with Gasteiger partial charge in [-0.2, -0.15) is 0 Å². The van der Waals surface area contributed by atoms with Gasteiger partial charge in [-0.15, -0.1) is 0 Å². The fraction of sp³-hybridized carbons (Fsp3) is 0. The maximum Gasteiger partial charge on any atom is 0.273 e. The van der Waals surface area contributed by atoms with Gasteiger partial charge < -0.3 is 9.72 Å². The molecule has 0 radical (unpaired) electrons. The molecule has 2 aromatic rings. The Morgan fingerprint density at radius 1 is 1.44 bits per heavy atom. The summed E-state index contributed by atoms with van der Waals surface area (Å²) in [5.74, 6) is 0.637. The molecule has 0 atom stereocenters. The van der Waals surface area contributed by atoms with E-state index in [1.807, 2.05) is 6.07 Å². The van der Waals surface area contributed by atoms with Crippen molar-refractivity contribution in [1.82, 2.24) is 9.97 Å². The lowest BCUT2D eigenvalue weighted by molar-refractivity contribution is 0.460. The molecule has 0 fully saturated rings. The minimum Gasteiger partial charge on any atom is -0.437 e. The molecule has 0 aliphatic rings. The van der Waals surface area contributed by atoms with E-state index in [0.717, 1.165) is 4.47 Å². The molecule has 2 rings (SSSR count). The van der Waals surface area contributed by atoms with E-state index in [-0.39, 0.29) is 10.9 Å². The molecule has 0 amide bonds. The Labute approximate surface area is 104 Å². The van der Waals surface area contributed by atoms with E-state index in [4.69, 9.17) is 16.3 Å². The Morgan fingerprint density at radius 3 is 3.00 bits per heavy atom. The molecule has 0 unspecified atom stereocenters. The highest BCUT2D eigenvalue weighted by atomic mass is 79.9. The average Bonchev–Trinajstić information content (AvgIpc) is 2.25. The van der Waals surface area contributed by atoms with Crippen molar-refractivity contribution in [1.29, 1.82) is 0 Å². The van der Waals surface area contributed by atoms with E-state index in [9.17, 15) is 4.79 Å². The van der Waals surface area contributed by atoms with Crippen LogP contribution in [0.2, 0.25) is 5.02 Å². The summed E-state index contributed by atoms with van der Waals surface area (Å²) in [5, 5.41) is -0.0672. The van der Waals surface area contributed by atoms with E-state index in [1.54, 1.807) is 18.2 Å². The van der Waals surface area contributed by atoms with Crippen LogP contribution in [0.5, 0.6) is 11.6 Å². The molecule has 0 saturated heterocycles. The summed E-state index contributed by atoms with van der Waals surface area (Å²) in [4.78, 5) is 17.4. The van der Waals surface area contributed by atoms with Gasteiger partial charge in [0.2, 0.25) is 5.88 Å². The van der Waals surface area contributed by atoms with Crippen molar-refractivity contribution in [2.24, 2.45) is 0 Å². The van der Waals surface area contributed by atoms with Gasteiger partial charge in [0.05, 0.1) is 6.33 Å². The zero-order valence-electron chi connectivity index (χ0n) is 7.91. The number of benzene rings is 1. The van der Waals surface area contributed by atoms with E-state index in [2.05, 4.69) is 25.9 Å². The van der Waals surface area contributed by atoms with Gasteiger partial charge in [0.25, 0.3) is 5.56 Å². The predicted molar refractivity (Wildman–Crippen MR) is 64.1 cm³/mol. The molecule has 0 spiro atoms. The molecular weight excluding hydrogens is 295 g/mol. The number of aromatic amines is 1. The number of hydrogen-bond acceptors (Lipinski definition) is 3.